The highest BCUT2D eigenvalue weighted by atomic mass is 32.2. The fourth-order valence-corrected chi connectivity index (χ4v) is 7.33. The summed E-state index contributed by atoms with van der Waals surface area (Å²) in [6.45, 7) is 6.89. The van der Waals surface area contributed by atoms with Gasteiger partial charge in [-0.25, -0.2) is 19.2 Å². The average molecular weight is 636 g/mol. The topological polar surface area (TPSA) is 89.5 Å². The maximum absolute atomic E-state index is 13.6. The van der Waals surface area contributed by atoms with Gasteiger partial charge in [0.2, 0.25) is 0 Å². The van der Waals surface area contributed by atoms with Gasteiger partial charge in [0, 0.05) is 52.6 Å². The van der Waals surface area contributed by atoms with Gasteiger partial charge in [0.1, 0.15) is 17.2 Å². The summed E-state index contributed by atoms with van der Waals surface area (Å²) < 4.78 is 26.4. The van der Waals surface area contributed by atoms with E-state index in [0.29, 0.717) is 35.5 Å². The van der Waals surface area contributed by atoms with Crippen LogP contribution >= 0.6 is 34.4 Å². The molecule has 0 bridgehead atoms. The Labute approximate surface area is 261 Å². The number of halogens is 1. The molecule has 1 saturated heterocycles. The van der Waals surface area contributed by atoms with Crippen molar-refractivity contribution in [3.8, 4) is 11.5 Å². The number of carbonyl (C=O) groups is 1. The van der Waals surface area contributed by atoms with Crippen molar-refractivity contribution in [2.24, 2.45) is 0 Å². The summed E-state index contributed by atoms with van der Waals surface area (Å²) in [6, 6.07) is 11.8. The van der Waals surface area contributed by atoms with Crippen LogP contribution in [0.4, 0.5) is 20.1 Å². The summed E-state index contributed by atoms with van der Waals surface area (Å²) in [5.74, 6) is 1.41. The first-order chi connectivity index (χ1) is 20.7. The third kappa shape index (κ3) is 7.26. The molecule has 5 heterocycles. The minimum atomic E-state index is -0.511. The highest BCUT2D eigenvalue weighted by Crippen LogP contribution is 2.40. The van der Waals surface area contributed by atoms with Crippen LogP contribution in [0.3, 0.4) is 0 Å². The minimum Gasteiger partial charge on any atom is -0.453 e. The van der Waals surface area contributed by atoms with Crippen molar-refractivity contribution in [3.05, 3.63) is 77.1 Å². The Hall–Kier alpha value is -3.74. The molecule has 12 heteroatoms. The Morgan fingerprint density at radius 2 is 1.88 bits per heavy atom. The first-order valence-corrected chi connectivity index (χ1v) is 16.4. The predicted molar refractivity (Wildman–Crippen MR) is 170 cm³/mol. The van der Waals surface area contributed by atoms with E-state index in [1.165, 1.54) is 23.5 Å². The van der Waals surface area contributed by atoms with Crippen LogP contribution in [0.5, 0.6) is 11.5 Å². The molecule has 222 valence electrons. The number of pyridine rings is 2. The molecule has 0 aliphatic carbocycles. The van der Waals surface area contributed by atoms with Gasteiger partial charge in [0.15, 0.2) is 16.7 Å². The fourth-order valence-electron chi connectivity index (χ4n) is 4.66. The van der Waals surface area contributed by atoms with Crippen LogP contribution in [0.2, 0.25) is 0 Å². The first kappa shape index (κ1) is 29.3. The van der Waals surface area contributed by atoms with E-state index in [1.807, 2.05) is 44.4 Å². The molecule has 1 fully saturated rings. The number of nitrogens with zero attached hydrogens (tertiary/aromatic N) is 4. The zero-order chi connectivity index (χ0) is 30.0. The molecule has 0 spiro atoms. The van der Waals surface area contributed by atoms with Gasteiger partial charge in [-0.2, -0.15) is 0 Å². The van der Waals surface area contributed by atoms with E-state index in [9.17, 15) is 9.18 Å². The van der Waals surface area contributed by atoms with Crippen molar-refractivity contribution in [1.29, 1.82) is 0 Å². The van der Waals surface area contributed by atoms with Crippen molar-refractivity contribution in [3.63, 3.8) is 0 Å². The van der Waals surface area contributed by atoms with Crippen molar-refractivity contribution in [2.75, 3.05) is 18.4 Å². The summed E-state index contributed by atoms with van der Waals surface area (Å²) in [6.07, 6.45) is 4.97. The lowest BCUT2D eigenvalue weighted by atomic mass is 9.94. The van der Waals surface area contributed by atoms with Gasteiger partial charge in [0.25, 0.3) is 0 Å². The number of nitrogens with one attached hydrogen (secondary N) is 1. The highest BCUT2D eigenvalue weighted by Gasteiger charge is 2.28. The Bertz CT molecular complexity index is 1730. The van der Waals surface area contributed by atoms with Gasteiger partial charge in [-0.3, -0.25) is 4.98 Å². The standard InChI is InChI=1S/C31H30FN5O3S3/c1-31(2,3)40-30(38)37-13-9-19(10-14-37)24-18-42-29(35-24)36-28-25(39-21-6-4-20(32)5-7-21)16-22(17-34-28)43-26-8-12-33-23-11-15-41-27(23)26/h4-8,11-12,15-19H,9-10,13-14H2,1-3H3,(H,34,35,36). The van der Waals surface area contributed by atoms with E-state index in [4.69, 9.17) is 19.4 Å². The molecular weight excluding hydrogens is 606 g/mol. The lowest BCUT2D eigenvalue weighted by molar-refractivity contribution is 0.0204. The zero-order valence-corrected chi connectivity index (χ0v) is 26.3. The normalized spacial score (nSPS) is 14.2. The Morgan fingerprint density at radius 3 is 2.65 bits per heavy atom. The molecule has 1 amide bonds. The van der Waals surface area contributed by atoms with Gasteiger partial charge >= 0.3 is 6.09 Å². The van der Waals surface area contributed by atoms with Crippen LogP contribution in [-0.4, -0.2) is 44.6 Å². The monoisotopic (exact) mass is 635 g/mol. The third-order valence-corrected chi connectivity index (χ3v) is 9.58. The maximum atomic E-state index is 13.6. The van der Waals surface area contributed by atoms with Crippen molar-refractivity contribution >= 4 is 61.7 Å². The number of rotatable bonds is 7. The molecule has 43 heavy (non-hydrogen) atoms. The molecule has 0 saturated carbocycles. The molecule has 6 rings (SSSR count). The number of hydrogen-bond acceptors (Lipinski definition) is 10. The Kier molecular flexibility index (Phi) is 8.51. The molecule has 4 aromatic heterocycles. The number of hydrogen-bond donors (Lipinski definition) is 1. The fraction of sp³-hybridized carbons (Fsp3) is 0.290. The second-order valence-corrected chi connectivity index (χ2v) is 14.0. The van der Waals surface area contributed by atoms with Crippen molar-refractivity contribution in [2.45, 2.75) is 54.9 Å². The van der Waals surface area contributed by atoms with Gasteiger partial charge in [0.05, 0.1) is 15.9 Å². The van der Waals surface area contributed by atoms with Crippen LogP contribution in [0.15, 0.2) is 75.4 Å². The number of anilines is 2. The number of benzene rings is 1. The molecule has 5 aromatic rings. The second kappa shape index (κ2) is 12.5. The number of likely N-dealkylation sites (tertiary alicyclic amines) is 1. The number of carbonyl (C=O) groups excluding carboxylic acids is 1. The number of amides is 1. The average Bonchev–Trinajstić information content (AvgIpc) is 3.65. The molecule has 0 unspecified atom stereocenters. The number of thiazole rings is 1. The van der Waals surface area contributed by atoms with Crippen molar-refractivity contribution in [1.82, 2.24) is 19.9 Å². The van der Waals surface area contributed by atoms with Gasteiger partial charge < -0.3 is 19.7 Å². The number of aromatic nitrogens is 3. The van der Waals surface area contributed by atoms with Crippen LogP contribution in [0, 0.1) is 5.82 Å². The van der Waals surface area contributed by atoms with Crippen LogP contribution in [0.1, 0.15) is 45.2 Å². The zero-order valence-electron chi connectivity index (χ0n) is 23.9. The van der Waals surface area contributed by atoms with E-state index in [1.54, 1.807) is 52.5 Å². The largest absolute Gasteiger partial charge is 0.453 e. The van der Waals surface area contributed by atoms with E-state index in [-0.39, 0.29) is 17.8 Å². The second-order valence-electron chi connectivity index (χ2n) is 11.1. The van der Waals surface area contributed by atoms with Gasteiger partial charge in [-0.15, -0.1) is 22.7 Å². The molecule has 1 aromatic carbocycles. The number of ether oxygens (including phenoxy) is 2. The van der Waals surface area contributed by atoms with Gasteiger partial charge in [-0.1, -0.05) is 11.8 Å². The van der Waals surface area contributed by atoms with E-state index in [0.717, 1.165) is 38.5 Å². The molecule has 0 atom stereocenters. The predicted octanol–water partition coefficient (Wildman–Crippen LogP) is 9.09. The number of piperidine rings is 1. The van der Waals surface area contributed by atoms with Crippen LogP contribution < -0.4 is 10.1 Å². The number of thiophene rings is 1. The molecule has 0 radical (unpaired) electrons. The lowest BCUT2D eigenvalue weighted by Crippen LogP contribution is -2.41. The maximum Gasteiger partial charge on any atom is 0.410 e. The first-order valence-electron chi connectivity index (χ1n) is 13.8. The molecule has 1 N–H and O–H groups in total. The lowest BCUT2D eigenvalue weighted by Gasteiger charge is -2.32. The van der Waals surface area contributed by atoms with Gasteiger partial charge in [-0.05, 0) is 75.4 Å². The van der Waals surface area contributed by atoms with E-state index < -0.39 is 5.60 Å². The minimum absolute atomic E-state index is 0.251. The highest BCUT2D eigenvalue weighted by molar-refractivity contribution is 7.99. The summed E-state index contributed by atoms with van der Waals surface area (Å²) in [5, 5.41) is 8.10. The molecule has 1 aliphatic heterocycles. The molecule has 8 nitrogen and oxygen atoms in total. The SMILES string of the molecule is CC(C)(C)OC(=O)N1CCC(c2csc(Nc3ncc(Sc4ccnc5ccsc45)cc3Oc3ccc(F)cc3)n2)CC1. The number of fused-ring (bicyclic) bond motifs is 1. The quantitative estimate of drug-likeness (QED) is 0.189. The Morgan fingerprint density at radius 1 is 1.09 bits per heavy atom. The summed E-state index contributed by atoms with van der Waals surface area (Å²) in [5.41, 5.74) is 1.43. The molecule has 1 aliphatic rings. The van der Waals surface area contributed by atoms with E-state index >= 15 is 0 Å². The summed E-state index contributed by atoms with van der Waals surface area (Å²) in [4.78, 5) is 30.2. The molecular formula is C31H30FN5O3S3. The van der Waals surface area contributed by atoms with Crippen LogP contribution in [0.25, 0.3) is 10.2 Å². The smallest absolute Gasteiger partial charge is 0.410 e. The Balaban J connectivity index is 1.18. The summed E-state index contributed by atoms with van der Waals surface area (Å²) >= 11 is 4.73. The van der Waals surface area contributed by atoms with Crippen LogP contribution in [-0.2, 0) is 4.74 Å². The summed E-state index contributed by atoms with van der Waals surface area (Å²) in [7, 11) is 0. The van der Waals surface area contributed by atoms with Crippen molar-refractivity contribution < 1.29 is 18.7 Å². The third-order valence-electron chi connectivity index (χ3n) is 6.72. The van der Waals surface area contributed by atoms with E-state index in [2.05, 4.69) is 15.7 Å².